The summed E-state index contributed by atoms with van der Waals surface area (Å²) >= 11 is 0. The van der Waals surface area contributed by atoms with Crippen LogP contribution in [0.25, 0.3) is 0 Å². The van der Waals surface area contributed by atoms with E-state index in [1.54, 1.807) is 25.3 Å². The fourth-order valence-corrected chi connectivity index (χ4v) is 3.45. The third kappa shape index (κ3) is 4.10. The lowest BCUT2D eigenvalue weighted by Gasteiger charge is -2.43. The number of rotatable bonds is 7. The first kappa shape index (κ1) is 18.5. The molecule has 5 heteroatoms. The van der Waals surface area contributed by atoms with Gasteiger partial charge in [0.1, 0.15) is 11.4 Å². The first-order valence-corrected chi connectivity index (χ1v) is 9.40. The molecule has 1 atom stereocenters. The summed E-state index contributed by atoms with van der Waals surface area (Å²) in [5, 5.41) is 17.3. The minimum Gasteiger partial charge on any atom is -0.466 e. The Morgan fingerprint density at radius 2 is 1.96 bits per heavy atom. The van der Waals surface area contributed by atoms with Gasteiger partial charge in [-0.05, 0) is 44.4 Å². The van der Waals surface area contributed by atoms with E-state index in [1.807, 2.05) is 6.92 Å². The van der Waals surface area contributed by atoms with Crippen molar-refractivity contribution in [2.75, 3.05) is 19.6 Å². The average Bonchev–Trinajstić information content (AvgIpc) is 3.15. The molecule has 0 amide bonds. The Labute approximate surface area is 155 Å². The second-order valence-electron chi connectivity index (χ2n) is 7.30. The molecule has 0 bridgehead atoms. The van der Waals surface area contributed by atoms with Crippen molar-refractivity contribution in [3.05, 3.63) is 60.1 Å². The highest BCUT2D eigenvalue weighted by atomic mass is 16.4. The normalized spacial score (nSPS) is 18.7. The number of nitrogens with zero attached hydrogens (tertiary/aromatic N) is 1. The van der Waals surface area contributed by atoms with Gasteiger partial charge in [0.2, 0.25) is 0 Å². The summed E-state index contributed by atoms with van der Waals surface area (Å²) in [4.78, 5) is 4.58. The Morgan fingerprint density at radius 1 is 1.19 bits per heavy atom. The van der Waals surface area contributed by atoms with E-state index in [0.29, 0.717) is 5.76 Å². The molecular weight excluding hydrogens is 326 g/mol. The van der Waals surface area contributed by atoms with Crippen molar-refractivity contribution >= 4 is 5.96 Å². The molecule has 26 heavy (non-hydrogen) atoms. The number of hydrogen-bond acceptors (Lipinski definition) is 3. The predicted octanol–water partition coefficient (Wildman–Crippen LogP) is 3.16. The third-order valence-corrected chi connectivity index (χ3v) is 5.23. The van der Waals surface area contributed by atoms with Crippen LogP contribution in [0.15, 0.2) is 58.1 Å². The van der Waals surface area contributed by atoms with Gasteiger partial charge in [-0.15, -0.1) is 0 Å². The van der Waals surface area contributed by atoms with E-state index >= 15 is 0 Å². The standard InChI is InChI=1S/C21H29N3O2/c1-3-22-19(23-15-20(2,25)18-11-7-14-26-18)24-16-21(12-8-13-21)17-9-5-4-6-10-17/h4-7,9-11,14,25H,3,8,12-13,15-16H2,1-2H3,(H2,22,23,24). The topological polar surface area (TPSA) is 69.8 Å². The Kier molecular flexibility index (Phi) is 5.67. The number of benzene rings is 1. The van der Waals surface area contributed by atoms with Crippen LogP contribution in [-0.2, 0) is 11.0 Å². The second-order valence-corrected chi connectivity index (χ2v) is 7.30. The van der Waals surface area contributed by atoms with Crippen LogP contribution in [0.4, 0.5) is 0 Å². The average molecular weight is 355 g/mol. The zero-order chi connectivity index (χ0) is 18.5. The lowest BCUT2D eigenvalue weighted by Crippen LogP contribution is -2.49. The fraction of sp³-hybridized carbons (Fsp3) is 0.476. The molecule has 1 aromatic carbocycles. The van der Waals surface area contributed by atoms with Crippen LogP contribution >= 0.6 is 0 Å². The van der Waals surface area contributed by atoms with Crippen molar-refractivity contribution in [3.63, 3.8) is 0 Å². The number of nitrogens with one attached hydrogen (secondary N) is 2. The summed E-state index contributed by atoms with van der Waals surface area (Å²) in [7, 11) is 0. The Morgan fingerprint density at radius 3 is 2.54 bits per heavy atom. The molecule has 140 valence electrons. The van der Waals surface area contributed by atoms with E-state index in [1.165, 1.54) is 24.8 Å². The zero-order valence-electron chi connectivity index (χ0n) is 15.7. The molecule has 5 nitrogen and oxygen atoms in total. The predicted molar refractivity (Wildman–Crippen MR) is 104 cm³/mol. The summed E-state index contributed by atoms with van der Waals surface area (Å²) < 4.78 is 5.33. The monoisotopic (exact) mass is 355 g/mol. The largest absolute Gasteiger partial charge is 0.466 e. The minimum atomic E-state index is -1.13. The summed E-state index contributed by atoms with van der Waals surface area (Å²) in [5.41, 5.74) is 0.442. The molecule has 3 N–H and O–H groups in total. The van der Waals surface area contributed by atoms with Gasteiger partial charge in [-0.3, -0.25) is 0 Å². The summed E-state index contributed by atoms with van der Waals surface area (Å²) in [5.74, 6) is 1.25. The molecule has 1 aliphatic rings. The van der Waals surface area contributed by atoms with Gasteiger partial charge >= 0.3 is 0 Å². The van der Waals surface area contributed by atoms with E-state index in [0.717, 1.165) is 19.0 Å². The van der Waals surface area contributed by atoms with E-state index in [2.05, 4.69) is 46.0 Å². The molecule has 3 rings (SSSR count). The van der Waals surface area contributed by atoms with Crippen molar-refractivity contribution in [2.24, 2.45) is 4.99 Å². The Hall–Kier alpha value is -2.27. The molecule has 1 fully saturated rings. The number of aliphatic imine (C=N–C) groups is 1. The van der Waals surface area contributed by atoms with Crippen LogP contribution in [0.3, 0.4) is 0 Å². The van der Waals surface area contributed by atoms with Gasteiger partial charge in [-0.2, -0.15) is 0 Å². The highest BCUT2D eigenvalue weighted by Gasteiger charge is 2.38. The maximum Gasteiger partial charge on any atom is 0.191 e. The van der Waals surface area contributed by atoms with Crippen molar-refractivity contribution in [3.8, 4) is 0 Å². The SMILES string of the molecule is CCNC(=NCC(C)(O)c1ccco1)NCC1(c2ccccc2)CCC1. The van der Waals surface area contributed by atoms with E-state index in [-0.39, 0.29) is 12.0 Å². The minimum absolute atomic E-state index is 0.182. The molecule has 1 aliphatic carbocycles. The van der Waals surface area contributed by atoms with Crippen LogP contribution in [0.2, 0.25) is 0 Å². The van der Waals surface area contributed by atoms with Crippen LogP contribution in [-0.4, -0.2) is 30.7 Å². The van der Waals surface area contributed by atoms with E-state index in [4.69, 9.17) is 4.42 Å². The van der Waals surface area contributed by atoms with Crippen molar-refractivity contribution < 1.29 is 9.52 Å². The van der Waals surface area contributed by atoms with Gasteiger partial charge in [0.15, 0.2) is 5.96 Å². The van der Waals surface area contributed by atoms with E-state index in [9.17, 15) is 5.11 Å². The molecule has 1 saturated carbocycles. The summed E-state index contributed by atoms with van der Waals surface area (Å²) in [6.45, 7) is 5.60. The first-order chi connectivity index (χ1) is 12.6. The molecule has 0 saturated heterocycles. The van der Waals surface area contributed by atoms with Gasteiger partial charge in [0, 0.05) is 18.5 Å². The molecule has 1 aromatic heterocycles. The summed E-state index contributed by atoms with van der Waals surface area (Å²) in [6.07, 6.45) is 5.20. The van der Waals surface area contributed by atoms with Gasteiger partial charge in [0.25, 0.3) is 0 Å². The van der Waals surface area contributed by atoms with Gasteiger partial charge in [-0.1, -0.05) is 36.8 Å². The van der Waals surface area contributed by atoms with Crippen LogP contribution in [0.1, 0.15) is 44.4 Å². The highest BCUT2D eigenvalue weighted by molar-refractivity contribution is 5.80. The van der Waals surface area contributed by atoms with Gasteiger partial charge in [-0.25, -0.2) is 4.99 Å². The quantitative estimate of drug-likeness (QED) is 0.527. The zero-order valence-corrected chi connectivity index (χ0v) is 15.7. The van der Waals surface area contributed by atoms with Crippen molar-refractivity contribution in [2.45, 2.75) is 44.1 Å². The van der Waals surface area contributed by atoms with Gasteiger partial charge in [0.05, 0.1) is 12.8 Å². The third-order valence-electron chi connectivity index (χ3n) is 5.23. The lowest BCUT2D eigenvalue weighted by molar-refractivity contribution is 0.0436. The lowest BCUT2D eigenvalue weighted by atomic mass is 9.64. The Balaban J connectivity index is 1.66. The van der Waals surface area contributed by atoms with Gasteiger partial charge < -0.3 is 20.2 Å². The molecule has 0 aliphatic heterocycles. The van der Waals surface area contributed by atoms with Crippen molar-refractivity contribution in [1.29, 1.82) is 0 Å². The van der Waals surface area contributed by atoms with Crippen LogP contribution in [0, 0.1) is 0 Å². The Bertz CT molecular complexity index is 704. The molecule has 0 spiro atoms. The second kappa shape index (κ2) is 7.96. The summed E-state index contributed by atoms with van der Waals surface area (Å²) in [6, 6.07) is 14.3. The van der Waals surface area contributed by atoms with Crippen molar-refractivity contribution in [1.82, 2.24) is 10.6 Å². The smallest absolute Gasteiger partial charge is 0.191 e. The molecule has 1 unspecified atom stereocenters. The number of furan rings is 1. The first-order valence-electron chi connectivity index (χ1n) is 9.40. The molecular formula is C21H29N3O2. The van der Waals surface area contributed by atoms with Crippen LogP contribution < -0.4 is 10.6 Å². The van der Waals surface area contributed by atoms with E-state index < -0.39 is 5.60 Å². The fourth-order valence-electron chi connectivity index (χ4n) is 3.45. The molecule has 1 heterocycles. The highest BCUT2D eigenvalue weighted by Crippen LogP contribution is 2.43. The van der Waals surface area contributed by atoms with Crippen LogP contribution in [0.5, 0.6) is 0 Å². The number of hydrogen-bond donors (Lipinski definition) is 3. The maximum absolute atomic E-state index is 10.6. The molecule has 2 aromatic rings. The maximum atomic E-state index is 10.6. The number of aliphatic hydroxyl groups is 1. The molecule has 0 radical (unpaired) electrons. The number of guanidine groups is 1.